The van der Waals surface area contributed by atoms with Crippen LogP contribution in [0.25, 0.3) is 33.0 Å². The maximum atomic E-state index is 5.31. The van der Waals surface area contributed by atoms with E-state index in [2.05, 4.69) is 182 Å². The summed E-state index contributed by atoms with van der Waals surface area (Å²) in [4.78, 5) is 20.7. The molecule has 1 N–H and O–H groups in total. The lowest BCUT2D eigenvalue weighted by Gasteiger charge is -2.30. The Morgan fingerprint density at radius 1 is 0.400 bits per heavy atom. The summed E-state index contributed by atoms with van der Waals surface area (Å²) in [6.45, 7) is 2.24. The quantitative estimate of drug-likeness (QED) is 0.156. The molecule has 0 fully saturated rings. The van der Waals surface area contributed by atoms with Crippen LogP contribution >= 0.6 is 0 Å². The summed E-state index contributed by atoms with van der Waals surface area (Å²) in [5.74, 6) is 2.60. The van der Waals surface area contributed by atoms with E-state index in [4.69, 9.17) is 20.0 Å². The van der Waals surface area contributed by atoms with Crippen molar-refractivity contribution in [3.63, 3.8) is 0 Å². The third-order valence-electron chi connectivity index (χ3n) is 11.6. The summed E-state index contributed by atoms with van der Waals surface area (Å²) in [5, 5.41) is 5.87. The van der Waals surface area contributed by atoms with Gasteiger partial charge >= 0.3 is 0 Å². The van der Waals surface area contributed by atoms with E-state index < -0.39 is 0 Å². The summed E-state index contributed by atoms with van der Waals surface area (Å²) in [6.07, 6.45) is 0.588. The molecule has 60 heavy (non-hydrogen) atoms. The molecule has 2 heterocycles. The van der Waals surface area contributed by atoms with E-state index in [0.717, 1.165) is 74.1 Å². The maximum Gasteiger partial charge on any atom is 0.169 e. The highest BCUT2D eigenvalue weighted by Crippen LogP contribution is 2.37. The van der Waals surface area contributed by atoms with Crippen LogP contribution in [0.2, 0.25) is 0 Å². The minimum Gasteiger partial charge on any atom is -0.324 e. The van der Waals surface area contributed by atoms with E-state index >= 15 is 0 Å². The summed E-state index contributed by atoms with van der Waals surface area (Å²) in [7, 11) is 0. The molecule has 5 heteroatoms. The second kappa shape index (κ2) is 16.4. The first kappa shape index (κ1) is 36.8. The van der Waals surface area contributed by atoms with Gasteiger partial charge in [0.1, 0.15) is 11.7 Å². The van der Waals surface area contributed by atoms with Crippen LogP contribution in [-0.2, 0) is 0 Å². The molecule has 8 aromatic carbocycles. The monoisotopic (exact) mass is 773 g/mol. The highest BCUT2D eigenvalue weighted by molar-refractivity contribution is 6.16. The van der Waals surface area contributed by atoms with E-state index in [-0.39, 0.29) is 18.1 Å². The van der Waals surface area contributed by atoms with E-state index in [1.807, 2.05) is 36.4 Å². The lowest BCUT2D eigenvalue weighted by molar-refractivity contribution is 0.532. The van der Waals surface area contributed by atoms with Crippen LogP contribution in [0.5, 0.6) is 0 Å². The van der Waals surface area contributed by atoms with Gasteiger partial charge in [0.25, 0.3) is 0 Å². The summed E-state index contributed by atoms with van der Waals surface area (Å²) in [6, 6.07) is 72.5. The number of hydrogen-bond acceptors (Lipinski definition) is 5. The Morgan fingerprint density at radius 3 is 1.40 bits per heavy atom. The van der Waals surface area contributed by atoms with E-state index in [1.165, 1.54) is 21.9 Å². The van der Waals surface area contributed by atoms with Gasteiger partial charge < -0.3 is 5.32 Å². The Kier molecular flexibility index (Phi) is 10.1. The van der Waals surface area contributed by atoms with Gasteiger partial charge in [0.2, 0.25) is 0 Å². The highest BCUT2D eigenvalue weighted by atomic mass is 15.2. The number of benzene rings is 8. The Bertz CT molecular complexity index is 2840. The van der Waals surface area contributed by atoms with Crippen molar-refractivity contribution in [1.29, 1.82) is 0 Å². The molecule has 2 aliphatic rings. The van der Waals surface area contributed by atoms with Crippen molar-refractivity contribution in [1.82, 2.24) is 5.32 Å². The number of fused-ring (bicyclic) bond motifs is 1. The van der Waals surface area contributed by atoms with Crippen LogP contribution in [0.15, 0.2) is 226 Å². The first-order valence-corrected chi connectivity index (χ1v) is 20.7. The second-order valence-electron chi connectivity index (χ2n) is 15.3. The van der Waals surface area contributed by atoms with Gasteiger partial charge in [-0.15, -0.1) is 0 Å². The molecule has 288 valence electrons. The fourth-order valence-electron chi connectivity index (χ4n) is 8.35. The molecule has 0 radical (unpaired) electrons. The molecule has 2 unspecified atom stereocenters. The lowest BCUT2D eigenvalue weighted by atomic mass is 9.83. The molecule has 0 bridgehead atoms. The molecule has 2 atom stereocenters. The molecule has 5 nitrogen and oxygen atoms in total. The second-order valence-corrected chi connectivity index (χ2v) is 15.3. The number of rotatable bonds is 9. The SMILES string of the molecule is CCC1C(c2ccccc2)=NC(c2ccc(-c3ccc4ccc(-c5ccc(C6N=C(c7ccccc7)NC(c7ccccc7)=N6)cc5)cc4c3)cc2)=NC1c1ccccc1. The van der Waals surface area contributed by atoms with E-state index in [1.54, 1.807) is 0 Å². The standard InChI is InChI=1S/C55H43N5/c1-2-49-50(40-15-7-3-8-16-40)56-52(57-51(49)41-17-9-4-10-18-41)44-29-23-37(24-30-44)46-33-27-39-28-34-47(36-48(39)35-46)38-25-31-45(32-26-38)55-59-53(42-19-11-5-12-20-42)58-54(60-55)43-21-13-6-14-22-43/h3-36,49-50,55H,2H2,1H3,(H,58,59,60). The van der Waals surface area contributed by atoms with Gasteiger partial charge in [0.15, 0.2) is 12.0 Å². The van der Waals surface area contributed by atoms with Crippen molar-refractivity contribution in [3.8, 4) is 22.3 Å². The molecule has 10 rings (SSSR count). The third kappa shape index (κ3) is 7.49. The van der Waals surface area contributed by atoms with Crippen LogP contribution < -0.4 is 5.32 Å². The molecule has 8 aromatic rings. The first-order chi connectivity index (χ1) is 29.7. The highest BCUT2D eigenvalue weighted by Gasteiger charge is 2.31. The summed E-state index contributed by atoms with van der Waals surface area (Å²) in [5.41, 5.74) is 12.2. The van der Waals surface area contributed by atoms with Gasteiger partial charge in [-0.2, -0.15) is 0 Å². The van der Waals surface area contributed by atoms with Crippen LogP contribution in [0, 0.1) is 5.92 Å². The molecule has 0 amide bonds. The predicted octanol–water partition coefficient (Wildman–Crippen LogP) is 12.7. The Morgan fingerprint density at radius 2 is 0.867 bits per heavy atom. The zero-order valence-corrected chi connectivity index (χ0v) is 33.4. The molecule has 0 saturated carbocycles. The van der Waals surface area contributed by atoms with Gasteiger partial charge in [0, 0.05) is 22.6 Å². The number of hydrogen-bond donors (Lipinski definition) is 1. The largest absolute Gasteiger partial charge is 0.324 e. The van der Waals surface area contributed by atoms with Gasteiger partial charge in [-0.1, -0.05) is 201 Å². The van der Waals surface area contributed by atoms with Gasteiger partial charge in [-0.3, -0.25) is 4.99 Å². The van der Waals surface area contributed by atoms with Crippen molar-refractivity contribution in [2.75, 3.05) is 0 Å². The normalized spacial score (nSPS) is 16.6. The zero-order valence-electron chi connectivity index (χ0n) is 33.4. The van der Waals surface area contributed by atoms with Gasteiger partial charge in [-0.25, -0.2) is 15.0 Å². The fourth-order valence-corrected chi connectivity index (χ4v) is 8.35. The molecule has 0 aromatic heterocycles. The average Bonchev–Trinajstić information content (AvgIpc) is 3.34. The van der Waals surface area contributed by atoms with Crippen molar-refractivity contribution in [2.45, 2.75) is 25.6 Å². The summed E-state index contributed by atoms with van der Waals surface area (Å²) >= 11 is 0. The van der Waals surface area contributed by atoms with Crippen LogP contribution in [0.3, 0.4) is 0 Å². The molecular weight excluding hydrogens is 731 g/mol. The Hall–Kier alpha value is -7.50. The number of amidine groups is 3. The number of nitrogens with zero attached hydrogens (tertiary/aromatic N) is 4. The van der Waals surface area contributed by atoms with Crippen LogP contribution in [-0.4, -0.2) is 23.2 Å². The van der Waals surface area contributed by atoms with Gasteiger partial charge in [-0.05, 0) is 68.3 Å². The fraction of sp³-hybridized carbons (Fsp3) is 0.0909. The molecule has 0 saturated heterocycles. The maximum absolute atomic E-state index is 5.31. The topological polar surface area (TPSA) is 61.5 Å². The Balaban J connectivity index is 0.926. The van der Waals surface area contributed by atoms with Crippen molar-refractivity contribution in [2.24, 2.45) is 25.9 Å². The van der Waals surface area contributed by atoms with Gasteiger partial charge in [0.05, 0.1) is 11.8 Å². The average molecular weight is 774 g/mol. The molecular formula is C55H43N5. The zero-order chi connectivity index (χ0) is 40.3. The van der Waals surface area contributed by atoms with Crippen molar-refractivity contribution < 1.29 is 0 Å². The third-order valence-corrected chi connectivity index (χ3v) is 11.6. The predicted molar refractivity (Wildman–Crippen MR) is 249 cm³/mol. The lowest BCUT2D eigenvalue weighted by Crippen LogP contribution is -2.35. The van der Waals surface area contributed by atoms with Crippen LogP contribution in [0.1, 0.15) is 58.9 Å². The molecule has 2 aliphatic heterocycles. The van der Waals surface area contributed by atoms with Crippen LogP contribution in [0.4, 0.5) is 0 Å². The minimum atomic E-state index is -0.363. The minimum absolute atomic E-state index is 0.00368. The first-order valence-electron chi connectivity index (χ1n) is 20.7. The van der Waals surface area contributed by atoms with Crippen molar-refractivity contribution in [3.05, 3.63) is 240 Å². The molecule has 0 spiro atoms. The van der Waals surface area contributed by atoms with E-state index in [9.17, 15) is 0 Å². The van der Waals surface area contributed by atoms with E-state index in [0.29, 0.717) is 0 Å². The number of aliphatic imine (C=N–C) groups is 4. The molecule has 0 aliphatic carbocycles. The van der Waals surface area contributed by atoms with Crippen molar-refractivity contribution >= 4 is 34.0 Å². The summed E-state index contributed by atoms with van der Waals surface area (Å²) < 4.78 is 0. The smallest absolute Gasteiger partial charge is 0.169 e. The Labute approximate surface area is 351 Å². The number of nitrogens with one attached hydrogen (secondary N) is 1.